The van der Waals surface area contributed by atoms with Crippen LogP contribution in [0, 0.1) is 5.41 Å². The first-order chi connectivity index (χ1) is 6.66. The van der Waals surface area contributed by atoms with Crippen molar-refractivity contribution in [2.45, 2.75) is 38.3 Å². The molecule has 0 heterocycles. The molecule has 7 heteroatoms. The van der Waals surface area contributed by atoms with E-state index in [1.54, 1.807) is 0 Å². The molecule has 1 aliphatic rings. The van der Waals surface area contributed by atoms with Gasteiger partial charge in [0.05, 0.1) is 11.2 Å². The molecule has 1 aliphatic carbocycles. The van der Waals surface area contributed by atoms with Crippen LogP contribution in [0.1, 0.15) is 32.1 Å². The molecule has 0 amide bonds. The number of primary sulfonamides is 1. The van der Waals surface area contributed by atoms with Crippen LogP contribution in [0.4, 0.5) is 13.2 Å². The van der Waals surface area contributed by atoms with E-state index < -0.39 is 27.4 Å². The van der Waals surface area contributed by atoms with E-state index in [-0.39, 0.29) is 12.8 Å². The number of hydrogen-bond acceptors (Lipinski definition) is 2. The first-order valence-corrected chi connectivity index (χ1v) is 6.45. The first kappa shape index (κ1) is 12.8. The minimum Gasteiger partial charge on any atom is -0.229 e. The van der Waals surface area contributed by atoms with Crippen LogP contribution in [0.25, 0.3) is 0 Å². The summed E-state index contributed by atoms with van der Waals surface area (Å²) in [6.07, 6.45) is -3.20. The Hall–Kier alpha value is -0.300. The zero-order valence-corrected chi connectivity index (χ0v) is 9.00. The summed E-state index contributed by atoms with van der Waals surface area (Å²) in [6, 6.07) is 0. The third-order valence-corrected chi connectivity index (χ3v) is 3.84. The lowest BCUT2D eigenvalue weighted by molar-refractivity contribution is -0.225. The van der Waals surface area contributed by atoms with Crippen LogP contribution in [-0.2, 0) is 10.0 Å². The fourth-order valence-corrected chi connectivity index (χ4v) is 3.35. The van der Waals surface area contributed by atoms with Gasteiger partial charge in [0.1, 0.15) is 0 Å². The molecule has 0 aliphatic heterocycles. The van der Waals surface area contributed by atoms with E-state index in [4.69, 9.17) is 5.14 Å². The summed E-state index contributed by atoms with van der Waals surface area (Å²) in [4.78, 5) is 0. The number of alkyl halides is 3. The maximum Gasteiger partial charge on any atom is 0.395 e. The van der Waals surface area contributed by atoms with Crippen molar-refractivity contribution in [3.8, 4) is 0 Å². The topological polar surface area (TPSA) is 60.2 Å². The highest BCUT2D eigenvalue weighted by Gasteiger charge is 2.56. The van der Waals surface area contributed by atoms with Crippen molar-refractivity contribution in [1.82, 2.24) is 0 Å². The molecule has 1 rings (SSSR count). The molecule has 1 saturated carbocycles. The van der Waals surface area contributed by atoms with Crippen molar-refractivity contribution in [1.29, 1.82) is 0 Å². The normalized spacial score (nSPS) is 22.7. The fourth-order valence-electron chi connectivity index (χ4n) is 2.12. The highest BCUT2D eigenvalue weighted by Crippen LogP contribution is 2.49. The number of rotatable bonds is 2. The Bertz CT molecular complexity index is 317. The minimum absolute atomic E-state index is 0.132. The monoisotopic (exact) mass is 245 g/mol. The Labute approximate surface area is 86.9 Å². The molecule has 0 atom stereocenters. The standard InChI is InChI=1S/C8H14F3NO2S/c9-8(10,11)7(6-15(12,13)14)4-2-1-3-5-7/h1-6H2,(H2,12,13,14). The van der Waals surface area contributed by atoms with Crippen LogP contribution in [0.2, 0.25) is 0 Å². The molecule has 90 valence electrons. The second kappa shape index (κ2) is 3.93. The summed E-state index contributed by atoms with van der Waals surface area (Å²) in [7, 11) is -4.09. The molecular weight excluding hydrogens is 231 g/mol. The van der Waals surface area contributed by atoms with Crippen LogP contribution >= 0.6 is 0 Å². The average Bonchev–Trinajstić information content (AvgIpc) is 2.00. The fraction of sp³-hybridized carbons (Fsp3) is 1.00. The van der Waals surface area contributed by atoms with Gasteiger partial charge in [-0.3, -0.25) is 0 Å². The first-order valence-electron chi connectivity index (χ1n) is 4.74. The van der Waals surface area contributed by atoms with Gasteiger partial charge in [0.15, 0.2) is 0 Å². The summed E-state index contributed by atoms with van der Waals surface area (Å²) < 4.78 is 60.1. The lowest BCUT2D eigenvalue weighted by Gasteiger charge is -2.37. The Balaban J connectivity index is 2.96. The second-order valence-electron chi connectivity index (χ2n) is 4.15. The van der Waals surface area contributed by atoms with E-state index in [9.17, 15) is 21.6 Å². The zero-order valence-electron chi connectivity index (χ0n) is 8.18. The van der Waals surface area contributed by atoms with Crippen molar-refractivity contribution in [3.05, 3.63) is 0 Å². The molecule has 1 fully saturated rings. The molecule has 15 heavy (non-hydrogen) atoms. The molecule has 0 aromatic rings. The lowest BCUT2D eigenvalue weighted by atomic mass is 9.75. The molecule has 3 nitrogen and oxygen atoms in total. The molecule has 0 spiro atoms. The third-order valence-electron chi connectivity index (χ3n) is 2.89. The van der Waals surface area contributed by atoms with Crippen LogP contribution in [0.5, 0.6) is 0 Å². The summed E-state index contributed by atoms with van der Waals surface area (Å²) in [5, 5.41) is 4.72. The highest BCUT2D eigenvalue weighted by atomic mass is 32.2. The van der Waals surface area contributed by atoms with Gasteiger partial charge in [-0.05, 0) is 12.8 Å². The number of hydrogen-bond donors (Lipinski definition) is 1. The second-order valence-corrected chi connectivity index (χ2v) is 5.76. The van der Waals surface area contributed by atoms with Crippen molar-refractivity contribution in [2.24, 2.45) is 10.6 Å². The average molecular weight is 245 g/mol. The van der Waals surface area contributed by atoms with E-state index in [2.05, 4.69) is 0 Å². The van der Waals surface area contributed by atoms with Crippen LogP contribution < -0.4 is 5.14 Å². The largest absolute Gasteiger partial charge is 0.395 e. The smallest absolute Gasteiger partial charge is 0.229 e. The van der Waals surface area contributed by atoms with Crippen molar-refractivity contribution < 1.29 is 21.6 Å². The van der Waals surface area contributed by atoms with E-state index >= 15 is 0 Å². The third kappa shape index (κ3) is 3.07. The number of sulfonamides is 1. The Morgan fingerprint density at radius 3 is 1.93 bits per heavy atom. The molecule has 0 bridgehead atoms. The predicted octanol–water partition coefficient (Wildman–Crippen LogP) is 1.79. The van der Waals surface area contributed by atoms with Gasteiger partial charge in [-0.15, -0.1) is 0 Å². The van der Waals surface area contributed by atoms with Gasteiger partial charge >= 0.3 is 6.18 Å². The maximum atomic E-state index is 12.8. The molecule has 0 aromatic heterocycles. The minimum atomic E-state index is -4.49. The van der Waals surface area contributed by atoms with E-state index in [0.717, 1.165) is 6.42 Å². The van der Waals surface area contributed by atoms with Crippen LogP contribution in [0.3, 0.4) is 0 Å². The van der Waals surface area contributed by atoms with E-state index in [0.29, 0.717) is 12.8 Å². The van der Waals surface area contributed by atoms with E-state index in [1.165, 1.54) is 0 Å². The summed E-state index contributed by atoms with van der Waals surface area (Å²) >= 11 is 0. The molecule has 0 aromatic carbocycles. The van der Waals surface area contributed by atoms with E-state index in [1.807, 2.05) is 0 Å². The van der Waals surface area contributed by atoms with Gasteiger partial charge in [0.25, 0.3) is 0 Å². The highest BCUT2D eigenvalue weighted by molar-refractivity contribution is 7.89. The molecule has 0 unspecified atom stereocenters. The summed E-state index contributed by atoms with van der Waals surface area (Å²) in [6.45, 7) is 0. The van der Waals surface area contributed by atoms with Crippen LogP contribution in [-0.4, -0.2) is 20.3 Å². The van der Waals surface area contributed by atoms with Crippen LogP contribution in [0.15, 0.2) is 0 Å². The summed E-state index contributed by atoms with van der Waals surface area (Å²) in [5.41, 5.74) is -2.11. The van der Waals surface area contributed by atoms with Gasteiger partial charge < -0.3 is 0 Å². The number of nitrogens with two attached hydrogens (primary N) is 1. The summed E-state index contributed by atoms with van der Waals surface area (Å²) in [5.74, 6) is -0.983. The zero-order chi connectivity index (χ0) is 11.7. The molecule has 0 saturated heterocycles. The molecule has 2 N–H and O–H groups in total. The van der Waals surface area contributed by atoms with Gasteiger partial charge in [-0.2, -0.15) is 13.2 Å². The SMILES string of the molecule is NS(=O)(=O)CC1(C(F)(F)F)CCCCC1. The van der Waals surface area contributed by atoms with Gasteiger partial charge in [0.2, 0.25) is 10.0 Å². The van der Waals surface area contributed by atoms with Crippen molar-refractivity contribution >= 4 is 10.0 Å². The quantitative estimate of drug-likeness (QED) is 0.806. The Morgan fingerprint density at radius 2 is 1.60 bits per heavy atom. The van der Waals surface area contributed by atoms with Gasteiger partial charge in [0, 0.05) is 0 Å². The van der Waals surface area contributed by atoms with Gasteiger partial charge in [-0.1, -0.05) is 19.3 Å². The van der Waals surface area contributed by atoms with Crippen molar-refractivity contribution in [2.75, 3.05) is 5.75 Å². The predicted molar refractivity (Wildman–Crippen MR) is 49.5 cm³/mol. The lowest BCUT2D eigenvalue weighted by Crippen LogP contribution is -2.46. The molecule has 0 radical (unpaired) electrons. The van der Waals surface area contributed by atoms with Gasteiger partial charge in [-0.25, -0.2) is 13.6 Å². The molecular formula is C8H14F3NO2S. The Morgan fingerprint density at radius 1 is 1.13 bits per heavy atom. The van der Waals surface area contributed by atoms with Crippen molar-refractivity contribution in [3.63, 3.8) is 0 Å². The number of halogens is 3. The maximum absolute atomic E-state index is 12.8. The Kier molecular flexibility index (Phi) is 3.35.